The Morgan fingerprint density at radius 3 is 2.26 bits per heavy atom. The molecule has 0 saturated carbocycles. The maximum Gasteiger partial charge on any atom is 0.220 e. The van der Waals surface area contributed by atoms with Crippen LogP contribution in [-0.4, -0.2) is 24.5 Å². The molecule has 1 aliphatic rings. The van der Waals surface area contributed by atoms with Crippen molar-refractivity contribution in [2.24, 2.45) is 0 Å². The number of rotatable bonds is 11. The maximum absolute atomic E-state index is 11.2. The minimum absolute atomic E-state index is 0.223. The van der Waals surface area contributed by atoms with Crippen LogP contribution in [0.4, 0.5) is 0 Å². The lowest BCUT2D eigenvalue weighted by Gasteiger charge is -2.21. The van der Waals surface area contributed by atoms with E-state index in [4.69, 9.17) is 0 Å². The average Bonchev–Trinajstić information content (AvgIpc) is 2.81. The van der Waals surface area contributed by atoms with E-state index in [0.29, 0.717) is 18.5 Å². The Labute approximate surface area is 118 Å². The first kappa shape index (κ1) is 16.5. The third-order valence-corrected chi connectivity index (χ3v) is 4.05. The average molecular weight is 268 g/mol. The predicted molar refractivity (Wildman–Crippen MR) is 81.2 cm³/mol. The van der Waals surface area contributed by atoms with Gasteiger partial charge in [0.25, 0.3) is 0 Å². The number of hydrogen-bond acceptors (Lipinski definition) is 2. The van der Waals surface area contributed by atoms with E-state index in [-0.39, 0.29) is 5.91 Å². The third-order valence-electron chi connectivity index (χ3n) is 4.05. The molecule has 0 aromatic rings. The molecule has 1 saturated heterocycles. The first-order valence-corrected chi connectivity index (χ1v) is 8.29. The van der Waals surface area contributed by atoms with Crippen LogP contribution >= 0.6 is 0 Å². The van der Waals surface area contributed by atoms with Crippen LogP contribution in [0, 0.1) is 0 Å². The second-order valence-electron chi connectivity index (χ2n) is 5.90. The molecule has 0 spiro atoms. The fourth-order valence-corrected chi connectivity index (χ4v) is 2.77. The minimum atomic E-state index is 0.223. The van der Waals surface area contributed by atoms with E-state index < -0.39 is 0 Å². The summed E-state index contributed by atoms with van der Waals surface area (Å²) in [5.41, 5.74) is 0. The SMILES string of the molecule is CCCCCC(CCCCC)NCC1CCC(=O)N1. The molecule has 0 bridgehead atoms. The molecule has 19 heavy (non-hydrogen) atoms. The summed E-state index contributed by atoms with van der Waals surface area (Å²) >= 11 is 0. The summed E-state index contributed by atoms with van der Waals surface area (Å²) in [6.45, 7) is 5.47. The number of amides is 1. The number of unbranched alkanes of at least 4 members (excludes halogenated alkanes) is 4. The zero-order chi connectivity index (χ0) is 13.9. The molecule has 0 aromatic heterocycles. The highest BCUT2D eigenvalue weighted by molar-refractivity contribution is 5.78. The fourth-order valence-electron chi connectivity index (χ4n) is 2.77. The van der Waals surface area contributed by atoms with E-state index in [1.54, 1.807) is 0 Å². The topological polar surface area (TPSA) is 41.1 Å². The van der Waals surface area contributed by atoms with Crippen LogP contribution in [-0.2, 0) is 4.79 Å². The van der Waals surface area contributed by atoms with Gasteiger partial charge in [-0.15, -0.1) is 0 Å². The van der Waals surface area contributed by atoms with E-state index in [9.17, 15) is 4.79 Å². The number of hydrogen-bond donors (Lipinski definition) is 2. The summed E-state index contributed by atoms with van der Waals surface area (Å²) in [7, 11) is 0. The molecule has 3 heteroatoms. The van der Waals surface area contributed by atoms with Crippen molar-refractivity contribution >= 4 is 5.91 Å². The molecular weight excluding hydrogens is 236 g/mol. The Bertz CT molecular complexity index is 233. The molecule has 1 amide bonds. The number of carbonyl (C=O) groups excluding carboxylic acids is 1. The van der Waals surface area contributed by atoms with Crippen molar-refractivity contribution in [3.05, 3.63) is 0 Å². The van der Waals surface area contributed by atoms with Crippen molar-refractivity contribution in [2.75, 3.05) is 6.54 Å². The van der Waals surface area contributed by atoms with Gasteiger partial charge in [0, 0.05) is 25.0 Å². The van der Waals surface area contributed by atoms with Crippen molar-refractivity contribution in [1.82, 2.24) is 10.6 Å². The molecule has 0 radical (unpaired) electrons. The van der Waals surface area contributed by atoms with Crippen molar-refractivity contribution in [2.45, 2.75) is 90.1 Å². The van der Waals surface area contributed by atoms with Gasteiger partial charge in [0.1, 0.15) is 0 Å². The van der Waals surface area contributed by atoms with Crippen molar-refractivity contribution in [1.29, 1.82) is 0 Å². The van der Waals surface area contributed by atoms with E-state index in [1.165, 1.54) is 51.4 Å². The highest BCUT2D eigenvalue weighted by atomic mass is 16.1. The van der Waals surface area contributed by atoms with Crippen LogP contribution in [0.25, 0.3) is 0 Å². The van der Waals surface area contributed by atoms with Crippen LogP contribution in [0.5, 0.6) is 0 Å². The Morgan fingerprint density at radius 1 is 1.16 bits per heavy atom. The highest BCUT2D eigenvalue weighted by Crippen LogP contribution is 2.12. The summed E-state index contributed by atoms with van der Waals surface area (Å²) in [5.74, 6) is 0.223. The molecule has 2 N–H and O–H groups in total. The lowest BCUT2D eigenvalue weighted by atomic mass is 10.0. The van der Waals surface area contributed by atoms with Gasteiger partial charge in [0.05, 0.1) is 0 Å². The molecule has 1 heterocycles. The van der Waals surface area contributed by atoms with Gasteiger partial charge in [0.2, 0.25) is 5.91 Å². The van der Waals surface area contributed by atoms with Crippen LogP contribution in [0.3, 0.4) is 0 Å². The van der Waals surface area contributed by atoms with Crippen molar-refractivity contribution in [3.63, 3.8) is 0 Å². The quantitative estimate of drug-likeness (QED) is 0.564. The van der Waals surface area contributed by atoms with E-state index in [0.717, 1.165) is 13.0 Å². The van der Waals surface area contributed by atoms with Gasteiger partial charge in [-0.05, 0) is 19.3 Å². The Balaban J connectivity index is 2.20. The summed E-state index contributed by atoms with van der Waals surface area (Å²) in [6.07, 6.45) is 12.2. The van der Waals surface area contributed by atoms with Crippen LogP contribution in [0.1, 0.15) is 78.1 Å². The minimum Gasteiger partial charge on any atom is -0.352 e. The fraction of sp³-hybridized carbons (Fsp3) is 0.938. The molecule has 3 nitrogen and oxygen atoms in total. The monoisotopic (exact) mass is 268 g/mol. The summed E-state index contributed by atoms with van der Waals surface area (Å²) in [5, 5.41) is 6.73. The molecule has 1 rings (SSSR count). The van der Waals surface area contributed by atoms with Gasteiger partial charge in [-0.3, -0.25) is 4.79 Å². The Morgan fingerprint density at radius 2 is 1.79 bits per heavy atom. The molecule has 0 aromatic carbocycles. The van der Waals surface area contributed by atoms with Crippen LogP contribution < -0.4 is 10.6 Å². The van der Waals surface area contributed by atoms with E-state index in [1.807, 2.05) is 0 Å². The lowest BCUT2D eigenvalue weighted by molar-refractivity contribution is -0.119. The molecule has 1 unspecified atom stereocenters. The second kappa shape index (κ2) is 10.2. The smallest absolute Gasteiger partial charge is 0.220 e. The van der Waals surface area contributed by atoms with Gasteiger partial charge in [-0.1, -0.05) is 52.4 Å². The molecule has 0 aliphatic carbocycles. The standard InChI is InChI=1S/C16H32N2O/c1-3-5-7-9-14(10-8-6-4-2)17-13-15-11-12-16(19)18-15/h14-15,17H,3-13H2,1-2H3,(H,18,19). The van der Waals surface area contributed by atoms with Crippen molar-refractivity contribution in [3.8, 4) is 0 Å². The lowest BCUT2D eigenvalue weighted by Crippen LogP contribution is -2.40. The molecular formula is C16H32N2O. The summed E-state index contributed by atoms with van der Waals surface area (Å²) in [6, 6.07) is 1.02. The van der Waals surface area contributed by atoms with E-state index in [2.05, 4.69) is 24.5 Å². The van der Waals surface area contributed by atoms with Crippen LogP contribution in [0.2, 0.25) is 0 Å². The second-order valence-corrected chi connectivity index (χ2v) is 5.90. The molecule has 1 fully saturated rings. The van der Waals surface area contributed by atoms with Gasteiger partial charge in [0.15, 0.2) is 0 Å². The summed E-state index contributed by atoms with van der Waals surface area (Å²) in [4.78, 5) is 11.2. The van der Waals surface area contributed by atoms with Gasteiger partial charge >= 0.3 is 0 Å². The van der Waals surface area contributed by atoms with Crippen molar-refractivity contribution < 1.29 is 4.79 Å². The first-order chi connectivity index (χ1) is 9.26. The molecule has 1 atom stereocenters. The van der Waals surface area contributed by atoms with E-state index >= 15 is 0 Å². The van der Waals surface area contributed by atoms with Crippen LogP contribution in [0.15, 0.2) is 0 Å². The zero-order valence-corrected chi connectivity index (χ0v) is 12.8. The zero-order valence-electron chi connectivity index (χ0n) is 12.8. The summed E-state index contributed by atoms with van der Waals surface area (Å²) < 4.78 is 0. The van der Waals surface area contributed by atoms with Gasteiger partial charge < -0.3 is 10.6 Å². The Kier molecular flexibility index (Phi) is 8.89. The molecule has 1 aliphatic heterocycles. The number of nitrogens with one attached hydrogen (secondary N) is 2. The Hall–Kier alpha value is -0.570. The molecule has 112 valence electrons. The first-order valence-electron chi connectivity index (χ1n) is 8.29. The predicted octanol–water partition coefficient (Wildman–Crippen LogP) is 3.38. The third kappa shape index (κ3) is 7.56. The van der Waals surface area contributed by atoms with Gasteiger partial charge in [-0.25, -0.2) is 0 Å². The largest absolute Gasteiger partial charge is 0.352 e. The normalized spacial score (nSPS) is 19.1. The highest BCUT2D eigenvalue weighted by Gasteiger charge is 2.21. The van der Waals surface area contributed by atoms with Gasteiger partial charge in [-0.2, -0.15) is 0 Å². The number of carbonyl (C=O) groups is 1. The maximum atomic E-state index is 11.2.